The molecule has 0 saturated carbocycles. The van der Waals surface area contributed by atoms with Gasteiger partial charge in [-0.3, -0.25) is 0 Å². The molecule has 5 heteroatoms. The third-order valence-corrected chi connectivity index (χ3v) is 4.68. The molecule has 0 aliphatic carbocycles. The SMILES string of the molecule is CCCCOC1C(O)[C@H](CO)O[C@@H]1CSc1ccccc1. The molecule has 2 unspecified atom stereocenters. The highest BCUT2D eigenvalue weighted by atomic mass is 32.2. The molecule has 1 aliphatic heterocycles. The van der Waals surface area contributed by atoms with Crippen LogP contribution >= 0.6 is 11.8 Å². The molecule has 0 bridgehead atoms. The lowest BCUT2D eigenvalue weighted by Crippen LogP contribution is -2.37. The zero-order valence-electron chi connectivity index (χ0n) is 12.4. The van der Waals surface area contributed by atoms with Crippen LogP contribution in [0.5, 0.6) is 0 Å². The van der Waals surface area contributed by atoms with Crippen molar-refractivity contribution in [2.45, 2.75) is 49.1 Å². The van der Waals surface area contributed by atoms with E-state index < -0.39 is 12.2 Å². The summed E-state index contributed by atoms with van der Waals surface area (Å²) in [5, 5.41) is 19.5. The molecule has 21 heavy (non-hydrogen) atoms. The molecular formula is C16H24O4S. The first-order chi connectivity index (χ1) is 10.3. The van der Waals surface area contributed by atoms with Gasteiger partial charge in [0, 0.05) is 17.3 Å². The number of aliphatic hydroxyl groups excluding tert-OH is 2. The summed E-state index contributed by atoms with van der Waals surface area (Å²) in [7, 11) is 0. The fraction of sp³-hybridized carbons (Fsp3) is 0.625. The molecule has 1 aromatic rings. The van der Waals surface area contributed by atoms with Gasteiger partial charge in [0.2, 0.25) is 0 Å². The van der Waals surface area contributed by atoms with Crippen molar-refractivity contribution in [1.29, 1.82) is 0 Å². The van der Waals surface area contributed by atoms with Crippen molar-refractivity contribution in [1.82, 2.24) is 0 Å². The van der Waals surface area contributed by atoms with E-state index in [1.165, 1.54) is 0 Å². The zero-order valence-corrected chi connectivity index (χ0v) is 13.2. The predicted octanol–water partition coefficient (Wildman–Crippen LogP) is 2.08. The Hall–Kier alpha value is -0.590. The molecule has 1 fully saturated rings. The van der Waals surface area contributed by atoms with Crippen LogP contribution in [0.4, 0.5) is 0 Å². The third kappa shape index (κ3) is 4.69. The van der Waals surface area contributed by atoms with E-state index in [1.807, 2.05) is 30.3 Å². The summed E-state index contributed by atoms with van der Waals surface area (Å²) in [6.07, 6.45) is 0.164. The second-order valence-electron chi connectivity index (χ2n) is 5.20. The molecule has 0 amide bonds. The summed E-state index contributed by atoms with van der Waals surface area (Å²) in [6.45, 7) is 2.54. The Morgan fingerprint density at radius 3 is 2.67 bits per heavy atom. The van der Waals surface area contributed by atoms with Crippen LogP contribution in [0, 0.1) is 0 Å². The van der Waals surface area contributed by atoms with Crippen molar-refractivity contribution >= 4 is 11.8 Å². The molecule has 1 heterocycles. The van der Waals surface area contributed by atoms with Gasteiger partial charge in [0.1, 0.15) is 18.3 Å². The summed E-state index contributed by atoms with van der Waals surface area (Å²) in [5.41, 5.74) is 0. The van der Waals surface area contributed by atoms with Gasteiger partial charge in [-0.15, -0.1) is 11.8 Å². The first-order valence-electron chi connectivity index (χ1n) is 7.50. The molecule has 4 nitrogen and oxygen atoms in total. The van der Waals surface area contributed by atoms with Crippen LogP contribution in [-0.4, -0.2) is 53.6 Å². The summed E-state index contributed by atoms with van der Waals surface area (Å²) < 4.78 is 11.5. The Morgan fingerprint density at radius 1 is 1.24 bits per heavy atom. The quantitative estimate of drug-likeness (QED) is 0.568. The van der Waals surface area contributed by atoms with E-state index in [9.17, 15) is 10.2 Å². The minimum Gasteiger partial charge on any atom is -0.394 e. The minimum atomic E-state index is -0.756. The molecule has 118 valence electrons. The van der Waals surface area contributed by atoms with E-state index in [0.717, 1.165) is 17.7 Å². The zero-order chi connectivity index (χ0) is 15.1. The van der Waals surface area contributed by atoms with E-state index in [0.29, 0.717) is 12.4 Å². The Morgan fingerprint density at radius 2 is 2.00 bits per heavy atom. The number of hydrogen-bond donors (Lipinski definition) is 2. The van der Waals surface area contributed by atoms with Gasteiger partial charge in [-0.05, 0) is 18.6 Å². The molecule has 4 atom stereocenters. The number of thioether (sulfide) groups is 1. The van der Waals surface area contributed by atoms with E-state index >= 15 is 0 Å². The number of unbranched alkanes of at least 4 members (excludes halogenated alkanes) is 1. The van der Waals surface area contributed by atoms with E-state index in [2.05, 4.69) is 6.92 Å². The lowest BCUT2D eigenvalue weighted by Gasteiger charge is -2.20. The van der Waals surface area contributed by atoms with Crippen molar-refractivity contribution in [2.24, 2.45) is 0 Å². The van der Waals surface area contributed by atoms with Crippen LogP contribution in [-0.2, 0) is 9.47 Å². The van der Waals surface area contributed by atoms with E-state index in [-0.39, 0.29) is 18.8 Å². The van der Waals surface area contributed by atoms with Gasteiger partial charge in [-0.25, -0.2) is 0 Å². The molecule has 1 saturated heterocycles. The summed E-state index contributed by atoms with van der Waals surface area (Å²) in [5.74, 6) is 0.703. The molecule has 2 rings (SSSR count). The van der Waals surface area contributed by atoms with E-state index in [1.54, 1.807) is 11.8 Å². The average molecular weight is 312 g/mol. The van der Waals surface area contributed by atoms with Gasteiger partial charge in [0.15, 0.2) is 0 Å². The first-order valence-corrected chi connectivity index (χ1v) is 8.48. The molecule has 2 N–H and O–H groups in total. The fourth-order valence-electron chi connectivity index (χ4n) is 2.36. The fourth-order valence-corrected chi connectivity index (χ4v) is 3.34. The Labute approximate surface area is 130 Å². The summed E-state index contributed by atoms with van der Waals surface area (Å²) in [4.78, 5) is 1.16. The van der Waals surface area contributed by atoms with Crippen molar-refractivity contribution in [2.75, 3.05) is 19.0 Å². The number of benzene rings is 1. The molecule has 0 radical (unpaired) electrons. The maximum Gasteiger partial charge on any atom is 0.113 e. The van der Waals surface area contributed by atoms with Crippen LogP contribution in [0.3, 0.4) is 0 Å². The van der Waals surface area contributed by atoms with Gasteiger partial charge in [0.05, 0.1) is 12.7 Å². The van der Waals surface area contributed by atoms with Crippen molar-refractivity contribution in [3.8, 4) is 0 Å². The van der Waals surface area contributed by atoms with Crippen molar-refractivity contribution in [3.05, 3.63) is 30.3 Å². The Kier molecular flexibility index (Phi) is 6.99. The van der Waals surface area contributed by atoms with Crippen LogP contribution < -0.4 is 0 Å². The van der Waals surface area contributed by atoms with Gasteiger partial charge >= 0.3 is 0 Å². The third-order valence-electron chi connectivity index (χ3n) is 3.58. The van der Waals surface area contributed by atoms with Crippen molar-refractivity contribution in [3.63, 3.8) is 0 Å². The van der Waals surface area contributed by atoms with Crippen LogP contribution in [0.2, 0.25) is 0 Å². The highest BCUT2D eigenvalue weighted by molar-refractivity contribution is 7.99. The maximum absolute atomic E-state index is 10.2. The molecule has 1 aliphatic rings. The average Bonchev–Trinajstić information content (AvgIpc) is 2.82. The van der Waals surface area contributed by atoms with Gasteiger partial charge in [-0.2, -0.15) is 0 Å². The number of aliphatic hydroxyl groups is 2. The van der Waals surface area contributed by atoms with Crippen LogP contribution in [0.1, 0.15) is 19.8 Å². The van der Waals surface area contributed by atoms with E-state index in [4.69, 9.17) is 9.47 Å². The lowest BCUT2D eigenvalue weighted by atomic mass is 10.1. The van der Waals surface area contributed by atoms with Gasteiger partial charge in [0.25, 0.3) is 0 Å². The predicted molar refractivity (Wildman–Crippen MR) is 83.6 cm³/mol. The smallest absolute Gasteiger partial charge is 0.113 e. The number of ether oxygens (including phenoxy) is 2. The van der Waals surface area contributed by atoms with Crippen molar-refractivity contribution < 1.29 is 19.7 Å². The molecule has 0 aromatic heterocycles. The maximum atomic E-state index is 10.2. The number of hydrogen-bond acceptors (Lipinski definition) is 5. The highest BCUT2D eigenvalue weighted by Gasteiger charge is 2.43. The largest absolute Gasteiger partial charge is 0.394 e. The standard InChI is InChI=1S/C16H24O4S/c1-2-3-9-19-16-14(20-13(10-17)15(16)18)11-21-12-7-5-4-6-8-12/h4-8,13-18H,2-3,9-11H2,1H3/t13-,14+,15?,16?/m0/s1. The summed E-state index contributed by atoms with van der Waals surface area (Å²) in [6, 6.07) is 10.1. The highest BCUT2D eigenvalue weighted by Crippen LogP contribution is 2.29. The van der Waals surface area contributed by atoms with Gasteiger partial charge in [-0.1, -0.05) is 31.5 Å². The topological polar surface area (TPSA) is 58.9 Å². The minimum absolute atomic E-state index is 0.179. The molecule has 0 spiro atoms. The van der Waals surface area contributed by atoms with Crippen LogP contribution in [0.15, 0.2) is 35.2 Å². The molecular weight excluding hydrogens is 288 g/mol. The van der Waals surface area contributed by atoms with Gasteiger partial charge < -0.3 is 19.7 Å². The molecule has 1 aromatic carbocycles. The first kappa shape index (κ1) is 16.8. The Balaban J connectivity index is 1.91. The lowest BCUT2D eigenvalue weighted by molar-refractivity contribution is -0.0327. The Bertz CT molecular complexity index is 401. The summed E-state index contributed by atoms with van der Waals surface area (Å²) >= 11 is 1.68. The number of rotatable bonds is 8. The normalized spacial score (nSPS) is 28.9. The monoisotopic (exact) mass is 312 g/mol. The second-order valence-corrected chi connectivity index (χ2v) is 6.29. The van der Waals surface area contributed by atoms with Crippen LogP contribution in [0.25, 0.3) is 0 Å². The second kappa shape index (κ2) is 8.76.